The van der Waals surface area contributed by atoms with Gasteiger partial charge in [-0.05, 0) is 24.3 Å². The van der Waals surface area contributed by atoms with Crippen molar-refractivity contribution in [3.8, 4) is 17.3 Å². The van der Waals surface area contributed by atoms with E-state index < -0.39 is 23.8 Å². The van der Waals surface area contributed by atoms with Gasteiger partial charge in [-0.1, -0.05) is 18.2 Å². The van der Waals surface area contributed by atoms with Crippen molar-refractivity contribution >= 4 is 17.4 Å². The van der Waals surface area contributed by atoms with Crippen LogP contribution in [0.4, 0.5) is 27.6 Å². The average Bonchev–Trinajstić information content (AvgIpc) is 3.59. The minimum atomic E-state index is -4.56. The van der Waals surface area contributed by atoms with Crippen LogP contribution in [0.1, 0.15) is 28.8 Å². The number of piperazine rings is 1. The molecule has 0 bridgehead atoms. The van der Waals surface area contributed by atoms with Gasteiger partial charge < -0.3 is 15.3 Å². The van der Waals surface area contributed by atoms with Gasteiger partial charge in [-0.25, -0.2) is 8.78 Å². The van der Waals surface area contributed by atoms with E-state index in [0.29, 0.717) is 36.3 Å². The number of thioether (sulfide) groups is 1. The maximum Gasteiger partial charge on any atom is 0.417 e. The van der Waals surface area contributed by atoms with E-state index in [1.807, 2.05) is 24.3 Å². The van der Waals surface area contributed by atoms with Crippen molar-refractivity contribution in [2.45, 2.75) is 49.0 Å². The Morgan fingerprint density at radius 2 is 1.83 bits per heavy atom. The molecule has 252 valence electrons. The summed E-state index contributed by atoms with van der Waals surface area (Å²) in [5.74, 6) is -2.50. The molecule has 2 aromatic carbocycles. The molecule has 0 aliphatic carbocycles. The predicted octanol–water partition coefficient (Wildman–Crippen LogP) is 4.70. The Labute approximate surface area is 275 Å². The van der Waals surface area contributed by atoms with Crippen LogP contribution in [0.15, 0.2) is 47.4 Å². The maximum absolute atomic E-state index is 14.0. The number of benzene rings is 2. The SMILES string of the molecule is N#Cc1ccccc1N1CCN(CC(O)Cn2nc(-c3ccc(C(F)(F)F)c(SCCN4CCC(F)(F)C4)c3)c3c2CCNC3)CC1. The highest BCUT2D eigenvalue weighted by Crippen LogP contribution is 2.40. The topological polar surface area (TPSA) is 83.6 Å². The van der Waals surface area contributed by atoms with Crippen molar-refractivity contribution in [2.75, 3.05) is 69.6 Å². The summed E-state index contributed by atoms with van der Waals surface area (Å²) in [6, 6.07) is 13.8. The molecule has 1 aromatic heterocycles. The summed E-state index contributed by atoms with van der Waals surface area (Å²) in [6.07, 6.45) is -4.83. The first-order valence-electron chi connectivity index (χ1n) is 15.9. The summed E-state index contributed by atoms with van der Waals surface area (Å²) >= 11 is 1.02. The second-order valence-corrected chi connectivity index (χ2v) is 13.5. The van der Waals surface area contributed by atoms with Crippen LogP contribution in [0.2, 0.25) is 0 Å². The summed E-state index contributed by atoms with van der Waals surface area (Å²) in [4.78, 5) is 6.01. The Morgan fingerprint density at radius 3 is 2.55 bits per heavy atom. The first-order valence-corrected chi connectivity index (χ1v) is 16.9. The van der Waals surface area contributed by atoms with Crippen LogP contribution in [0.5, 0.6) is 0 Å². The highest BCUT2D eigenvalue weighted by molar-refractivity contribution is 7.99. The highest BCUT2D eigenvalue weighted by Gasteiger charge is 2.38. The van der Waals surface area contributed by atoms with Gasteiger partial charge in [0.15, 0.2) is 0 Å². The van der Waals surface area contributed by atoms with Gasteiger partial charge in [0.2, 0.25) is 0 Å². The highest BCUT2D eigenvalue weighted by atomic mass is 32.2. The fourth-order valence-corrected chi connectivity index (χ4v) is 7.80. The summed E-state index contributed by atoms with van der Waals surface area (Å²) in [6.45, 7) is 5.01. The van der Waals surface area contributed by atoms with E-state index in [1.165, 1.54) is 12.1 Å². The largest absolute Gasteiger partial charge is 0.417 e. The van der Waals surface area contributed by atoms with Gasteiger partial charge in [-0.3, -0.25) is 14.5 Å². The summed E-state index contributed by atoms with van der Waals surface area (Å²) in [5.41, 5.74) is 3.80. The number of fused-ring (bicyclic) bond motifs is 1. The molecule has 8 nitrogen and oxygen atoms in total. The van der Waals surface area contributed by atoms with Crippen molar-refractivity contribution in [2.24, 2.45) is 0 Å². The first kappa shape index (κ1) is 33.7. The molecular weight excluding hydrogens is 637 g/mol. The number of hydrogen-bond acceptors (Lipinski definition) is 8. The number of halogens is 5. The van der Waals surface area contributed by atoms with Crippen LogP contribution < -0.4 is 10.2 Å². The van der Waals surface area contributed by atoms with Crippen molar-refractivity contribution in [3.05, 3.63) is 64.8 Å². The number of aromatic nitrogens is 2. The quantitative estimate of drug-likeness (QED) is 0.237. The number of aliphatic hydroxyl groups excluding tert-OH is 1. The minimum Gasteiger partial charge on any atom is -0.390 e. The van der Waals surface area contributed by atoms with Crippen molar-refractivity contribution in [1.29, 1.82) is 5.26 Å². The lowest BCUT2D eigenvalue weighted by atomic mass is 10.0. The van der Waals surface area contributed by atoms with Crippen molar-refractivity contribution in [1.82, 2.24) is 24.9 Å². The molecule has 4 heterocycles. The van der Waals surface area contributed by atoms with E-state index in [0.717, 1.165) is 67.5 Å². The van der Waals surface area contributed by atoms with Crippen LogP contribution >= 0.6 is 11.8 Å². The second-order valence-electron chi connectivity index (χ2n) is 12.4. The lowest BCUT2D eigenvalue weighted by Gasteiger charge is -2.37. The van der Waals surface area contributed by atoms with Crippen LogP contribution in [-0.2, 0) is 25.7 Å². The Hall–Kier alpha value is -3.22. The number of aliphatic hydroxyl groups is 1. The predicted molar refractivity (Wildman–Crippen MR) is 171 cm³/mol. The molecule has 14 heteroatoms. The smallest absolute Gasteiger partial charge is 0.390 e. The zero-order valence-electron chi connectivity index (χ0n) is 25.9. The third kappa shape index (κ3) is 7.92. The van der Waals surface area contributed by atoms with Crippen LogP contribution in [-0.4, -0.2) is 101 Å². The first-order chi connectivity index (χ1) is 22.5. The number of likely N-dealkylation sites (tertiary alicyclic amines) is 1. The van der Waals surface area contributed by atoms with Gasteiger partial charge in [0.05, 0.1) is 41.7 Å². The van der Waals surface area contributed by atoms with E-state index in [4.69, 9.17) is 5.10 Å². The van der Waals surface area contributed by atoms with Crippen LogP contribution in [0.3, 0.4) is 0 Å². The van der Waals surface area contributed by atoms with E-state index in [-0.39, 0.29) is 43.2 Å². The normalized spacial score (nSPS) is 19.5. The molecule has 47 heavy (non-hydrogen) atoms. The second kappa shape index (κ2) is 14.1. The average molecular weight is 676 g/mol. The van der Waals surface area contributed by atoms with Crippen molar-refractivity contribution in [3.63, 3.8) is 0 Å². The van der Waals surface area contributed by atoms with E-state index >= 15 is 0 Å². The Bertz CT molecular complexity index is 1600. The van der Waals surface area contributed by atoms with Gasteiger partial charge in [0, 0.05) is 99.2 Å². The molecular formula is C33H38F5N7OS. The Kier molecular flexibility index (Phi) is 10.1. The van der Waals surface area contributed by atoms with E-state index in [2.05, 4.69) is 21.2 Å². The molecule has 6 rings (SSSR count). The fraction of sp³-hybridized carbons (Fsp3) is 0.515. The molecule has 0 radical (unpaired) electrons. The molecule has 2 N–H and O–H groups in total. The molecule has 2 fully saturated rings. The Balaban J connectivity index is 1.14. The number of nitrogens with zero attached hydrogens (tertiary/aromatic N) is 6. The van der Waals surface area contributed by atoms with Crippen LogP contribution in [0, 0.1) is 11.3 Å². The van der Waals surface area contributed by atoms with E-state index in [9.17, 15) is 32.3 Å². The molecule has 3 aliphatic heterocycles. The molecule has 3 aliphatic rings. The molecule has 1 unspecified atom stereocenters. The molecule has 1 atom stereocenters. The van der Waals surface area contributed by atoms with E-state index in [1.54, 1.807) is 9.58 Å². The number of para-hydroxylation sites is 1. The number of rotatable bonds is 10. The maximum atomic E-state index is 14.0. The molecule has 0 amide bonds. The number of hydrogen-bond donors (Lipinski definition) is 2. The van der Waals surface area contributed by atoms with Crippen LogP contribution in [0.25, 0.3) is 11.3 Å². The summed E-state index contributed by atoms with van der Waals surface area (Å²) in [5, 5.41) is 28.8. The number of alkyl halides is 5. The molecule has 0 spiro atoms. The standard InChI is InChI=1S/C33H38F5N7OS/c34-32(35)8-10-43(22-32)15-16-47-30-17-23(5-6-27(30)33(36,37)38)31-26-19-40-9-7-29(26)45(41-31)21-25(46)20-42-11-13-44(14-12-42)28-4-2-1-3-24(28)18-39/h1-6,17,25,40,46H,7-16,19-22H2. The van der Waals surface area contributed by atoms with Gasteiger partial charge in [-0.2, -0.15) is 23.5 Å². The van der Waals surface area contributed by atoms with Crippen molar-refractivity contribution < 1.29 is 27.1 Å². The summed E-state index contributed by atoms with van der Waals surface area (Å²) in [7, 11) is 0. The van der Waals surface area contributed by atoms with Gasteiger partial charge in [0.25, 0.3) is 5.92 Å². The monoisotopic (exact) mass is 675 g/mol. The zero-order chi connectivity index (χ0) is 33.2. The summed E-state index contributed by atoms with van der Waals surface area (Å²) < 4.78 is 70.9. The van der Waals surface area contributed by atoms with Gasteiger partial charge >= 0.3 is 6.18 Å². The molecule has 0 saturated carbocycles. The number of β-amino-alcohol motifs (C(OH)–C–C–N with tert-alkyl or cyclic N) is 1. The third-order valence-corrected chi connectivity index (χ3v) is 10.1. The van der Waals surface area contributed by atoms with Gasteiger partial charge in [0.1, 0.15) is 6.07 Å². The third-order valence-electron chi connectivity index (χ3n) is 9.07. The van der Waals surface area contributed by atoms with Gasteiger partial charge in [-0.15, -0.1) is 11.8 Å². The fourth-order valence-electron chi connectivity index (χ4n) is 6.68. The molecule has 2 saturated heterocycles. The molecule has 3 aromatic rings. The Morgan fingerprint density at radius 1 is 1.04 bits per heavy atom. The lowest BCUT2D eigenvalue weighted by Crippen LogP contribution is -2.49. The minimum absolute atomic E-state index is 0.0459. The zero-order valence-corrected chi connectivity index (χ0v) is 26.8. The number of nitriles is 1. The number of anilines is 1. The lowest BCUT2D eigenvalue weighted by molar-refractivity contribution is -0.139. The number of nitrogens with one attached hydrogen (secondary N) is 1.